The quantitative estimate of drug-likeness (QED) is 0.758. The lowest BCUT2D eigenvalue weighted by atomic mass is 9.82. The van der Waals surface area contributed by atoms with E-state index in [2.05, 4.69) is 20.8 Å². The number of hydrogen-bond acceptors (Lipinski definition) is 2. The van der Waals surface area contributed by atoms with E-state index in [0.29, 0.717) is 6.04 Å². The van der Waals surface area contributed by atoms with E-state index in [1.165, 1.54) is 19.3 Å². The lowest BCUT2D eigenvalue weighted by molar-refractivity contribution is 0.0488. The predicted molar refractivity (Wildman–Crippen MR) is 60.2 cm³/mol. The topological polar surface area (TPSA) is 35.2 Å². The molecule has 2 N–H and O–H groups in total. The molecule has 1 aliphatic heterocycles. The zero-order chi connectivity index (χ0) is 10.6. The first-order chi connectivity index (χ1) is 6.50. The van der Waals surface area contributed by atoms with Gasteiger partial charge in [-0.15, -0.1) is 0 Å². The summed E-state index contributed by atoms with van der Waals surface area (Å²) in [5.41, 5.74) is 6.37. The molecule has 1 saturated heterocycles. The van der Waals surface area contributed by atoms with Crippen LogP contribution in [-0.2, 0) is 4.74 Å². The Labute approximate surface area is 88.2 Å². The van der Waals surface area contributed by atoms with Crippen LogP contribution in [0, 0.1) is 11.3 Å². The van der Waals surface area contributed by atoms with E-state index in [9.17, 15) is 0 Å². The summed E-state index contributed by atoms with van der Waals surface area (Å²) in [7, 11) is 0. The molecule has 1 heterocycles. The monoisotopic (exact) mass is 199 g/mol. The number of ether oxygens (including phenoxy) is 1. The summed E-state index contributed by atoms with van der Waals surface area (Å²) in [6, 6.07) is 0.324. The van der Waals surface area contributed by atoms with Gasteiger partial charge in [0.1, 0.15) is 0 Å². The molecule has 2 heteroatoms. The largest absolute Gasteiger partial charge is 0.381 e. The van der Waals surface area contributed by atoms with E-state index < -0.39 is 0 Å². The van der Waals surface area contributed by atoms with Crippen molar-refractivity contribution in [3.05, 3.63) is 0 Å². The van der Waals surface area contributed by atoms with Gasteiger partial charge >= 0.3 is 0 Å². The molecule has 0 radical (unpaired) electrons. The molecule has 0 saturated carbocycles. The molecule has 0 amide bonds. The van der Waals surface area contributed by atoms with Gasteiger partial charge in [-0.2, -0.15) is 0 Å². The summed E-state index contributed by atoms with van der Waals surface area (Å²) < 4.78 is 5.46. The molecule has 0 aliphatic carbocycles. The molecule has 0 aromatic carbocycles. The molecule has 0 bridgehead atoms. The SMILES string of the molecule is CC(C)(C)[C@@H](N)CC[C@@H]1CCCOC1. The highest BCUT2D eigenvalue weighted by Crippen LogP contribution is 2.25. The Morgan fingerprint density at radius 2 is 2.14 bits per heavy atom. The molecule has 1 aliphatic rings. The van der Waals surface area contributed by atoms with Gasteiger partial charge in [0.2, 0.25) is 0 Å². The van der Waals surface area contributed by atoms with Crippen molar-refractivity contribution in [2.45, 2.75) is 52.5 Å². The summed E-state index contributed by atoms with van der Waals surface area (Å²) in [6.45, 7) is 8.57. The second-order valence-electron chi connectivity index (χ2n) is 5.63. The molecule has 1 rings (SSSR count). The second kappa shape index (κ2) is 5.13. The van der Waals surface area contributed by atoms with E-state index >= 15 is 0 Å². The highest BCUT2D eigenvalue weighted by atomic mass is 16.5. The van der Waals surface area contributed by atoms with Crippen LogP contribution in [0.25, 0.3) is 0 Å². The minimum absolute atomic E-state index is 0.246. The van der Waals surface area contributed by atoms with Crippen LogP contribution < -0.4 is 5.73 Å². The fourth-order valence-electron chi connectivity index (χ4n) is 1.88. The highest BCUT2D eigenvalue weighted by molar-refractivity contribution is 4.78. The normalized spacial score (nSPS) is 26.1. The first-order valence-electron chi connectivity index (χ1n) is 5.83. The zero-order valence-corrected chi connectivity index (χ0v) is 9.88. The van der Waals surface area contributed by atoms with Crippen LogP contribution in [0.2, 0.25) is 0 Å². The highest BCUT2D eigenvalue weighted by Gasteiger charge is 2.22. The molecule has 0 aromatic heterocycles. The van der Waals surface area contributed by atoms with Crippen LogP contribution in [0.15, 0.2) is 0 Å². The molecule has 1 fully saturated rings. The molecular formula is C12H25NO. The molecule has 0 aromatic rings. The van der Waals surface area contributed by atoms with Crippen molar-refractivity contribution in [1.29, 1.82) is 0 Å². The van der Waals surface area contributed by atoms with Gasteiger partial charge in [0.05, 0.1) is 0 Å². The molecule has 84 valence electrons. The van der Waals surface area contributed by atoms with E-state index in [4.69, 9.17) is 10.5 Å². The third-order valence-electron chi connectivity index (χ3n) is 3.25. The van der Waals surface area contributed by atoms with Crippen molar-refractivity contribution in [2.24, 2.45) is 17.1 Å². The summed E-state index contributed by atoms with van der Waals surface area (Å²) >= 11 is 0. The van der Waals surface area contributed by atoms with Crippen molar-refractivity contribution in [2.75, 3.05) is 13.2 Å². The maximum atomic E-state index is 6.13. The summed E-state index contributed by atoms with van der Waals surface area (Å²) in [6.07, 6.45) is 4.93. The zero-order valence-electron chi connectivity index (χ0n) is 9.88. The van der Waals surface area contributed by atoms with Crippen LogP contribution in [0.5, 0.6) is 0 Å². The molecule has 2 nitrogen and oxygen atoms in total. The van der Waals surface area contributed by atoms with Crippen LogP contribution in [0.1, 0.15) is 46.5 Å². The minimum Gasteiger partial charge on any atom is -0.381 e. The number of nitrogens with two attached hydrogens (primary N) is 1. The summed E-state index contributed by atoms with van der Waals surface area (Å²) in [4.78, 5) is 0. The van der Waals surface area contributed by atoms with Gasteiger partial charge < -0.3 is 10.5 Å². The average Bonchev–Trinajstić information content (AvgIpc) is 2.14. The second-order valence-corrected chi connectivity index (χ2v) is 5.63. The molecule has 0 unspecified atom stereocenters. The fourth-order valence-corrected chi connectivity index (χ4v) is 1.88. The van der Waals surface area contributed by atoms with Gasteiger partial charge in [-0.1, -0.05) is 20.8 Å². The molecule has 2 atom stereocenters. The van der Waals surface area contributed by atoms with Crippen LogP contribution in [0.4, 0.5) is 0 Å². The van der Waals surface area contributed by atoms with E-state index in [-0.39, 0.29) is 5.41 Å². The average molecular weight is 199 g/mol. The third kappa shape index (κ3) is 3.97. The lowest BCUT2D eigenvalue weighted by Crippen LogP contribution is -2.35. The first-order valence-corrected chi connectivity index (χ1v) is 5.83. The Hall–Kier alpha value is -0.0800. The molecule has 14 heavy (non-hydrogen) atoms. The van der Waals surface area contributed by atoms with Gasteiger partial charge in [0.25, 0.3) is 0 Å². The van der Waals surface area contributed by atoms with Crippen molar-refractivity contribution < 1.29 is 4.74 Å². The number of hydrogen-bond donors (Lipinski definition) is 1. The number of rotatable bonds is 3. The Bertz CT molecular complexity index is 156. The van der Waals surface area contributed by atoms with Gasteiger partial charge in [-0.05, 0) is 37.0 Å². The minimum atomic E-state index is 0.246. The summed E-state index contributed by atoms with van der Waals surface area (Å²) in [5, 5.41) is 0. The van der Waals surface area contributed by atoms with E-state index in [0.717, 1.165) is 25.6 Å². The maximum Gasteiger partial charge on any atom is 0.0494 e. The van der Waals surface area contributed by atoms with Crippen molar-refractivity contribution >= 4 is 0 Å². The van der Waals surface area contributed by atoms with Crippen LogP contribution >= 0.6 is 0 Å². The summed E-state index contributed by atoms with van der Waals surface area (Å²) in [5.74, 6) is 0.761. The Kier molecular flexibility index (Phi) is 4.39. The third-order valence-corrected chi connectivity index (χ3v) is 3.25. The van der Waals surface area contributed by atoms with Crippen molar-refractivity contribution in [1.82, 2.24) is 0 Å². The Balaban J connectivity index is 2.19. The van der Waals surface area contributed by atoms with Gasteiger partial charge in [-0.3, -0.25) is 0 Å². The molecule has 0 spiro atoms. The van der Waals surface area contributed by atoms with Crippen molar-refractivity contribution in [3.8, 4) is 0 Å². The van der Waals surface area contributed by atoms with Gasteiger partial charge in [0, 0.05) is 19.3 Å². The smallest absolute Gasteiger partial charge is 0.0494 e. The Morgan fingerprint density at radius 1 is 1.43 bits per heavy atom. The van der Waals surface area contributed by atoms with Crippen LogP contribution in [0.3, 0.4) is 0 Å². The lowest BCUT2D eigenvalue weighted by Gasteiger charge is -2.29. The fraction of sp³-hybridized carbons (Fsp3) is 1.00. The van der Waals surface area contributed by atoms with Gasteiger partial charge in [0.15, 0.2) is 0 Å². The Morgan fingerprint density at radius 3 is 2.64 bits per heavy atom. The maximum absolute atomic E-state index is 6.13. The van der Waals surface area contributed by atoms with Crippen molar-refractivity contribution in [3.63, 3.8) is 0 Å². The standard InChI is InChI=1S/C12H25NO/c1-12(2,3)11(13)7-6-10-5-4-8-14-9-10/h10-11H,4-9,13H2,1-3H3/t10-,11-/m0/s1. The first kappa shape index (κ1) is 12.0. The van der Waals surface area contributed by atoms with E-state index in [1.54, 1.807) is 0 Å². The molecular weight excluding hydrogens is 174 g/mol. The van der Waals surface area contributed by atoms with Gasteiger partial charge in [-0.25, -0.2) is 0 Å². The van der Waals surface area contributed by atoms with Crippen LogP contribution in [-0.4, -0.2) is 19.3 Å². The predicted octanol–water partition coefficient (Wildman–Crippen LogP) is 2.57. The van der Waals surface area contributed by atoms with E-state index in [1.807, 2.05) is 0 Å².